The highest BCUT2D eigenvalue weighted by molar-refractivity contribution is 7.47. The van der Waals surface area contributed by atoms with E-state index in [0.29, 0.717) is 25.7 Å². The van der Waals surface area contributed by atoms with Gasteiger partial charge in [0.2, 0.25) is 0 Å². The van der Waals surface area contributed by atoms with Crippen LogP contribution in [0.25, 0.3) is 0 Å². The second-order valence-corrected chi connectivity index (χ2v) is 28.0. The molecule has 0 saturated heterocycles. The Kier molecular flexibility index (Phi) is 55.9. The maximum absolute atomic E-state index is 13.0. The average Bonchev–Trinajstić information content (AvgIpc) is 3.60. The molecule has 85 heavy (non-hydrogen) atoms. The van der Waals surface area contributed by atoms with Gasteiger partial charge in [-0.3, -0.25) is 37.3 Å². The van der Waals surface area contributed by atoms with E-state index < -0.39 is 97.5 Å². The fourth-order valence-electron chi connectivity index (χ4n) is 9.80. The third kappa shape index (κ3) is 59.5. The average molecular weight is 1260 g/mol. The van der Waals surface area contributed by atoms with Crippen molar-refractivity contribution in [3.63, 3.8) is 0 Å². The second-order valence-electron chi connectivity index (χ2n) is 25.1. The molecule has 3 N–H and O–H groups in total. The molecule has 0 aromatic rings. The number of hydrogen-bond acceptors (Lipinski definition) is 15. The molecule has 0 aromatic carbocycles. The molecule has 0 aliphatic heterocycles. The molecule has 19 heteroatoms. The SMILES string of the molecule is CCCCCCCC(=O)OC[C@H](COP(=O)(O)OC[C@H](O)COP(=O)(O)OC[C@@H](COC(=O)CCCCCCCCCCCCC(C)CC)OC(=O)CCCCCCCCCCCCCCC(C)C)OC(=O)CCCCCCCCCCC(C)C. The molecule has 0 aliphatic carbocycles. The van der Waals surface area contributed by atoms with E-state index in [9.17, 15) is 43.2 Å². The smallest absolute Gasteiger partial charge is 0.462 e. The molecule has 0 saturated carbocycles. The number of aliphatic hydroxyl groups excluding tert-OH is 1. The van der Waals surface area contributed by atoms with Crippen molar-refractivity contribution in [2.75, 3.05) is 39.6 Å². The molecular weight excluding hydrogens is 1130 g/mol. The molecule has 0 heterocycles. The van der Waals surface area contributed by atoms with Crippen molar-refractivity contribution >= 4 is 39.5 Å². The summed E-state index contributed by atoms with van der Waals surface area (Å²) in [5.41, 5.74) is 0. The fourth-order valence-corrected chi connectivity index (χ4v) is 11.4. The van der Waals surface area contributed by atoms with E-state index in [1.807, 2.05) is 0 Å². The van der Waals surface area contributed by atoms with Gasteiger partial charge in [0.15, 0.2) is 12.2 Å². The lowest BCUT2D eigenvalue weighted by Gasteiger charge is -2.21. The van der Waals surface area contributed by atoms with Crippen LogP contribution in [0.15, 0.2) is 0 Å². The monoisotopic (exact) mass is 1250 g/mol. The lowest BCUT2D eigenvalue weighted by molar-refractivity contribution is -0.161. The summed E-state index contributed by atoms with van der Waals surface area (Å²) in [5.74, 6) is 0.161. The maximum Gasteiger partial charge on any atom is 0.472 e. The van der Waals surface area contributed by atoms with E-state index in [2.05, 4.69) is 48.5 Å². The summed E-state index contributed by atoms with van der Waals surface area (Å²) in [6.45, 7) is 11.7. The zero-order chi connectivity index (χ0) is 63.1. The van der Waals surface area contributed by atoms with E-state index in [1.165, 1.54) is 128 Å². The zero-order valence-electron chi connectivity index (χ0n) is 55.1. The van der Waals surface area contributed by atoms with Crippen LogP contribution >= 0.6 is 15.6 Å². The van der Waals surface area contributed by atoms with Crippen LogP contribution in [0.2, 0.25) is 0 Å². The Morgan fingerprint density at radius 3 is 0.894 bits per heavy atom. The molecule has 3 unspecified atom stereocenters. The first-order valence-electron chi connectivity index (χ1n) is 34.4. The lowest BCUT2D eigenvalue weighted by atomic mass is 9.99. The number of aliphatic hydroxyl groups is 1. The molecule has 0 amide bonds. The molecule has 17 nitrogen and oxygen atoms in total. The van der Waals surface area contributed by atoms with Crippen LogP contribution in [0.4, 0.5) is 0 Å². The Labute approximate surface area is 517 Å². The van der Waals surface area contributed by atoms with Crippen LogP contribution in [-0.2, 0) is 65.4 Å². The van der Waals surface area contributed by atoms with Crippen molar-refractivity contribution in [2.24, 2.45) is 17.8 Å². The van der Waals surface area contributed by atoms with Crippen molar-refractivity contribution in [1.82, 2.24) is 0 Å². The molecule has 0 radical (unpaired) electrons. The van der Waals surface area contributed by atoms with Gasteiger partial charge >= 0.3 is 39.5 Å². The number of carbonyl (C=O) groups is 4. The van der Waals surface area contributed by atoms with Gasteiger partial charge in [0.05, 0.1) is 26.4 Å². The van der Waals surface area contributed by atoms with Crippen LogP contribution in [0.1, 0.15) is 325 Å². The van der Waals surface area contributed by atoms with E-state index in [1.54, 1.807) is 0 Å². The quantitative estimate of drug-likeness (QED) is 0.0222. The number of phosphoric acid groups is 2. The van der Waals surface area contributed by atoms with Crippen molar-refractivity contribution in [2.45, 2.75) is 343 Å². The third-order valence-corrected chi connectivity index (χ3v) is 17.4. The fraction of sp³-hybridized carbons (Fsp3) is 0.939. The van der Waals surface area contributed by atoms with E-state index in [0.717, 1.165) is 114 Å². The van der Waals surface area contributed by atoms with Gasteiger partial charge in [-0.1, -0.05) is 273 Å². The van der Waals surface area contributed by atoms with Gasteiger partial charge in [-0.05, 0) is 43.4 Å². The summed E-state index contributed by atoms with van der Waals surface area (Å²) in [6, 6.07) is 0. The highest BCUT2D eigenvalue weighted by atomic mass is 31.2. The van der Waals surface area contributed by atoms with Gasteiger partial charge in [-0.2, -0.15) is 0 Å². The number of esters is 4. The number of rotatable bonds is 64. The van der Waals surface area contributed by atoms with E-state index in [-0.39, 0.29) is 25.7 Å². The Bertz CT molecular complexity index is 1680. The first-order chi connectivity index (χ1) is 40.8. The molecule has 504 valence electrons. The van der Waals surface area contributed by atoms with Gasteiger partial charge in [0, 0.05) is 25.7 Å². The van der Waals surface area contributed by atoms with Crippen LogP contribution in [0.3, 0.4) is 0 Å². The topological polar surface area (TPSA) is 237 Å². The predicted molar refractivity (Wildman–Crippen MR) is 340 cm³/mol. The summed E-state index contributed by atoms with van der Waals surface area (Å²) >= 11 is 0. The summed E-state index contributed by atoms with van der Waals surface area (Å²) in [6.07, 6.45) is 39.2. The summed E-state index contributed by atoms with van der Waals surface area (Å²) in [5, 5.41) is 10.5. The van der Waals surface area contributed by atoms with Gasteiger partial charge in [-0.15, -0.1) is 0 Å². The number of phosphoric ester groups is 2. The van der Waals surface area contributed by atoms with Gasteiger partial charge in [-0.25, -0.2) is 9.13 Å². The van der Waals surface area contributed by atoms with Crippen LogP contribution in [0.5, 0.6) is 0 Å². The minimum Gasteiger partial charge on any atom is -0.462 e. The molecular formula is C66H128O17P2. The second kappa shape index (κ2) is 57.2. The highest BCUT2D eigenvalue weighted by Crippen LogP contribution is 2.45. The molecule has 0 spiro atoms. The largest absolute Gasteiger partial charge is 0.472 e. The Morgan fingerprint density at radius 1 is 0.341 bits per heavy atom. The summed E-state index contributed by atoms with van der Waals surface area (Å²) in [4.78, 5) is 72.1. The first kappa shape index (κ1) is 83.1. The summed E-state index contributed by atoms with van der Waals surface area (Å²) in [7, 11) is -9.88. The maximum atomic E-state index is 13.0. The minimum absolute atomic E-state index is 0.103. The lowest BCUT2D eigenvalue weighted by Crippen LogP contribution is -2.30. The third-order valence-electron chi connectivity index (χ3n) is 15.5. The Hall–Kier alpha value is -1.94. The minimum atomic E-state index is -4.95. The standard InChI is InChI=1S/C66H128O17P2/c1-8-10-11-30-40-47-63(68)76-53-61(82-66(71)50-43-36-29-23-22-25-32-38-45-58(5)6)55-80-84(72,73)78-51-60(67)52-79-85(74,75)81-56-62(54-77-64(69)48-41-34-27-20-17-16-19-26-33-39-46-59(7)9-2)83-65(70)49-42-35-28-21-15-13-12-14-18-24-31-37-44-57(3)4/h57-62,67H,8-56H2,1-7H3,(H,72,73)(H,74,75)/t59?,60-,61+,62+/m0/s1. The molecule has 0 fully saturated rings. The van der Waals surface area contributed by atoms with E-state index in [4.69, 9.17) is 37.0 Å². The van der Waals surface area contributed by atoms with Gasteiger partial charge in [0.25, 0.3) is 0 Å². The number of hydrogen-bond donors (Lipinski definition) is 3. The molecule has 0 aliphatic rings. The number of unbranched alkanes of at least 4 members (excludes halogenated alkanes) is 31. The number of carbonyl (C=O) groups excluding carboxylic acids is 4. The van der Waals surface area contributed by atoms with Gasteiger partial charge in [0.1, 0.15) is 19.3 Å². The molecule has 6 atom stereocenters. The molecule has 0 rings (SSSR count). The predicted octanol–water partition coefficient (Wildman–Crippen LogP) is 18.3. The van der Waals surface area contributed by atoms with Crippen molar-refractivity contribution in [3.05, 3.63) is 0 Å². The molecule has 0 aromatic heterocycles. The Morgan fingerprint density at radius 2 is 0.600 bits per heavy atom. The van der Waals surface area contributed by atoms with E-state index >= 15 is 0 Å². The summed E-state index contributed by atoms with van der Waals surface area (Å²) < 4.78 is 67.9. The van der Waals surface area contributed by atoms with Crippen molar-refractivity contribution in [1.29, 1.82) is 0 Å². The highest BCUT2D eigenvalue weighted by Gasteiger charge is 2.30. The first-order valence-corrected chi connectivity index (χ1v) is 37.4. The number of ether oxygens (including phenoxy) is 4. The Balaban J connectivity index is 5.19. The molecule has 0 bridgehead atoms. The van der Waals surface area contributed by atoms with Crippen LogP contribution < -0.4 is 0 Å². The van der Waals surface area contributed by atoms with Gasteiger partial charge < -0.3 is 33.8 Å². The van der Waals surface area contributed by atoms with Crippen LogP contribution in [0, 0.1) is 17.8 Å². The zero-order valence-corrected chi connectivity index (χ0v) is 56.9. The normalized spacial score (nSPS) is 14.6. The van der Waals surface area contributed by atoms with Crippen molar-refractivity contribution < 1.29 is 80.2 Å². The van der Waals surface area contributed by atoms with Crippen LogP contribution in [-0.4, -0.2) is 96.7 Å². The van der Waals surface area contributed by atoms with Crippen molar-refractivity contribution in [3.8, 4) is 0 Å².